The number of amides is 1. The molecule has 0 spiro atoms. The molecule has 1 atom stereocenters. The highest BCUT2D eigenvalue weighted by Gasteiger charge is 2.31. The number of esters is 1. The molecule has 0 aliphatic rings. The van der Waals surface area contributed by atoms with Crippen LogP contribution in [-0.2, 0) is 9.53 Å². The molecule has 30 heavy (non-hydrogen) atoms. The highest BCUT2D eigenvalue weighted by Crippen LogP contribution is 2.26. The van der Waals surface area contributed by atoms with Gasteiger partial charge in [-0.25, -0.2) is 4.79 Å². The average Bonchev–Trinajstić information content (AvgIpc) is 2.67. The lowest BCUT2D eigenvalue weighted by Crippen LogP contribution is -2.30. The Morgan fingerprint density at radius 3 is 2.30 bits per heavy atom. The largest absolute Gasteiger partial charge is 0.573 e. The maximum atomic E-state index is 12.2. The third-order valence-corrected chi connectivity index (χ3v) is 3.71. The zero-order valence-electron chi connectivity index (χ0n) is 15.6. The van der Waals surface area contributed by atoms with Crippen molar-refractivity contribution in [2.75, 3.05) is 17.7 Å². The number of nitro benzene ring substituents is 1. The molecule has 0 saturated heterocycles. The molecule has 2 aromatic rings. The van der Waals surface area contributed by atoms with Crippen LogP contribution in [0.1, 0.15) is 17.3 Å². The summed E-state index contributed by atoms with van der Waals surface area (Å²) >= 11 is 0. The van der Waals surface area contributed by atoms with E-state index in [4.69, 9.17) is 4.74 Å². The van der Waals surface area contributed by atoms with Gasteiger partial charge in [0.05, 0.1) is 10.5 Å². The molecule has 0 radical (unpaired) electrons. The van der Waals surface area contributed by atoms with E-state index in [2.05, 4.69) is 15.4 Å². The molecule has 0 aliphatic carbocycles. The van der Waals surface area contributed by atoms with E-state index in [1.165, 1.54) is 38.2 Å². The smallest absolute Gasteiger partial charge is 0.449 e. The van der Waals surface area contributed by atoms with Crippen LogP contribution < -0.4 is 15.4 Å². The number of nitrogens with one attached hydrogen (secondary N) is 2. The van der Waals surface area contributed by atoms with E-state index >= 15 is 0 Å². The van der Waals surface area contributed by atoms with Gasteiger partial charge >= 0.3 is 12.3 Å². The summed E-state index contributed by atoms with van der Waals surface area (Å²) < 4.78 is 45.2. The van der Waals surface area contributed by atoms with Gasteiger partial charge in [-0.1, -0.05) is 0 Å². The molecule has 12 heteroatoms. The Labute approximate surface area is 167 Å². The van der Waals surface area contributed by atoms with Crippen molar-refractivity contribution >= 4 is 28.9 Å². The van der Waals surface area contributed by atoms with Gasteiger partial charge in [-0.05, 0) is 43.3 Å². The van der Waals surface area contributed by atoms with Crippen LogP contribution in [0, 0.1) is 10.1 Å². The number of nitrogens with zero attached hydrogens (tertiary/aromatic N) is 1. The first kappa shape index (κ1) is 22.5. The predicted molar refractivity (Wildman–Crippen MR) is 99.3 cm³/mol. The molecule has 9 nitrogen and oxygen atoms in total. The highest BCUT2D eigenvalue weighted by atomic mass is 19.4. The number of benzene rings is 2. The van der Waals surface area contributed by atoms with Crippen LogP contribution in [0.25, 0.3) is 0 Å². The van der Waals surface area contributed by atoms with Crippen molar-refractivity contribution in [1.29, 1.82) is 0 Å². The number of alkyl halides is 3. The molecule has 0 aromatic heterocycles. The molecule has 2 rings (SSSR count). The Hall–Kier alpha value is -3.83. The minimum Gasteiger partial charge on any atom is -0.449 e. The summed E-state index contributed by atoms with van der Waals surface area (Å²) in [6.45, 7) is 1.27. The fourth-order valence-corrected chi connectivity index (χ4v) is 2.29. The van der Waals surface area contributed by atoms with E-state index in [0.717, 1.165) is 18.2 Å². The van der Waals surface area contributed by atoms with E-state index in [0.29, 0.717) is 0 Å². The second kappa shape index (κ2) is 9.11. The van der Waals surface area contributed by atoms with Crippen LogP contribution in [0.2, 0.25) is 0 Å². The van der Waals surface area contributed by atoms with Crippen LogP contribution in [0.5, 0.6) is 5.75 Å². The lowest BCUT2D eigenvalue weighted by Gasteiger charge is -2.14. The Balaban J connectivity index is 2.01. The van der Waals surface area contributed by atoms with Crippen molar-refractivity contribution in [2.45, 2.75) is 19.4 Å². The van der Waals surface area contributed by atoms with Gasteiger partial charge in [-0.2, -0.15) is 0 Å². The Kier molecular flexibility index (Phi) is 6.82. The lowest BCUT2D eigenvalue weighted by molar-refractivity contribution is -0.384. The number of hydrogen-bond donors (Lipinski definition) is 2. The summed E-state index contributed by atoms with van der Waals surface area (Å²) in [5.74, 6) is -2.18. The first-order valence-corrected chi connectivity index (χ1v) is 8.34. The van der Waals surface area contributed by atoms with Crippen LogP contribution in [0.15, 0.2) is 42.5 Å². The van der Waals surface area contributed by atoms with Crippen molar-refractivity contribution in [3.8, 4) is 5.75 Å². The third-order valence-electron chi connectivity index (χ3n) is 3.71. The molecule has 2 N–H and O–H groups in total. The second-order valence-electron chi connectivity index (χ2n) is 5.85. The Morgan fingerprint density at radius 2 is 1.77 bits per heavy atom. The zero-order valence-corrected chi connectivity index (χ0v) is 15.6. The van der Waals surface area contributed by atoms with Gasteiger partial charge in [0.2, 0.25) is 0 Å². The summed E-state index contributed by atoms with van der Waals surface area (Å²) in [7, 11) is 1.48. The van der Waals surface area contributed by atoms with Crippen molar-refractivity contribution in [2.24, 2.45) is 0 Å². The first-order valence-electron chi connectivity index (χ1n) is 8.34. The molecule has 0 aliphatic heterocycles. The van der Waals surface area contributed by atoms with Gasteiger partial charge in [-0.3, -0.25) is 14.9 Å². The number of halogens is 3. The highest BCUT2D eigenvalue weighted by molar-refractivity contribution is 5.97. The minimum atomic E-state index is -4.84. The number of carbonyl (C=O) groups excluding carboxylic acids is 2. The SMILES string of the molecule is CNc1ccc(C(=O)OC(C)C(=O)Nc2ccc(OC(F)(F)F)cc2)cc1[N+](=O)[O-]. The fraction of sp³-hybridized carbons (Fsp3) is 0.222. The monoisotopic (exact) mass is 427 g/mol. The van der Waals surface area contributed by atoms with Crippen molar-refractivity contribution in [3.63, 3.8) is 0 Å². The van der Waals surface area contributed by atoms with Crippen molar-refractivity contribution in [1.82, 2.24) is 0 Å². The number of hydrogen-bond acceptors (Lipinski definition) is 7. The summed E-state index contributed by atoms with van der Waals surface area (Å²) in [4.78, 5) is 34.7. The van der Waals surface area contributed by atoms with Gasteiger partial charge in [0.1, 0.15) is 11.4 Å². The normalized spacial score (nSPS) is 11.9. The van der Waals surface area contributed by atoms with E-state index in [-0.39, 0.29) is 22.6 Å². The molecular weight excluding hydrogens is 411 g/mol. The molecular formula is C18H16F3N3O6. The standard InChI is InChI=1S/C18H16F3N3O6/c1-10(16(25)23-12-4-6-13(7-5-12)30-18(19,20)21)29-17(26)11-3-8-14(22-2)15(9-11)24(27)28/h3-10,22H,1-2H3,(H,23,25). The summed E-state index contributed by atoms with van der Waals surface area (Å²) in [5.41, 5.74) is -0.133. The molecule has 0 heterocycles. The van der Waals surface area contributed by atoms with E-state index in [1.807, 2.05) is 0 Å². The molecule has 0 fully saturated rings. The van der Waals surface area contributed by atoms with Crippen molar-refractivity contribution < 1.29 is 37.2 Å². The minimum absolute atomic E-state index is 0.131. The van der Waals surface area contributed by atoms with Gasteiger partial charge in [0.15, 0.2) is 6.10 Å². The van der Waals surface area contributed by atoms with Crippen LogP contribution in [-0.4, -0.2) is 36.3 Å². The number of anilines is 2. The number of rotatable bonds is 7. The number of ether oxygens (including phenoxy) is 2. The molecule has 1 amide bonds. The van der Waals surface area contributed by atoms with E-state index < -0.39 is 35.0 Å². The van der Waals surface area contributed by atoms with Crippen LogP contribution in [0.3, 0.4) is 0 Å². The average molecular weight is 427 g/mol. The summed E-state index contributed by atoms with van der Waals surface area (Å²) in [5, 5.41) is 16.0. The maximum absolute atomic E-state index is 12.2. The molecule has 1 unspecified atom stereocenters. The van der Waals surface area contributed by atoms with Crippen LogP contribution in [0.4, 0.5) is 30.2 Å². The van der Waals surface area contributed by atoms with Gasteiger partial charge in [0, 0.05) is 18.8 Å². The van der Waals surface area contributed by atoms with Gasteiger partial charge in [0.25, 0.3) is 11.6 Å². The topological polar surface area (TPSA) is 120 Å². The summed E-state index contributed by atoms with van der Waals surface area (Å²) in [6.07, 6.45) is -6.12. The third kappa shape index (κ3) is 6.09. The molecule has 0 saturated carbocycles. The predicted octanol–water partition coefficient (Wildman–Crippen LogP) is 3.72. The molecule has 160 valence electrons. The fourth-order valence-electron chi connectivity index (χ4n) is 2.29. The maximum Gasteiger partial charge on any atom is 0.573 e. The Morgan fingerprint density at radius 1 is 1.13 bits per heavy atom. The quantitative estimate of drug-likeness (QED) is 0.393. The van der Waals surface area contributed by atoms with Crippen LogP contribution >= 0.6 is 0 Å². The van der Waals surface area contributed by atoms with E-state index in [1.54, 1.807) is 0 Å². The second-order valence-corrected chi connectivity index (χ2v) is 5.85. The van der Waals surface area contributed by atoms with E-state index in [9.17, 15) is 32.9 Å². The molecule has 0 bridgehead atoms. The molecule has 2 aromatic carbocycles. The number of carbonyl (C=O) groups is 2. The summed E-state index contributed by atoms with van der Waals surface area (Å²) in [6, 6.07) is 7.98. The van der Waals surface area contributed by atoms with Crippen molar-refractivity contribution in [3.05, 3.63) is 58.1 Å². The first-order chi connectivity index (χ1) is 14.0. The zero-order chi connectivity index (χ0) is 22.5. The van der Waals surface area contributed by atoms with Gasteiger partial charge in [-0.15, -0.1) is 13.2 Å². The van der Waals surface area contributed by atoms with Gasteiger partial charge < -0.3 is 20.1 Å². The Bertz CT molecular complexity index is 947. The lowest BCUT2D eigenvalue weighted by atomic mass is 10.1. The number of nitro groups is 1.